The van der Waals surface area contributed by atoms with Crippen molar-refractivity contribution in [3.63, 3.8) is 0 Å². The first-order valence-electron chi connectivity index (χ1n) is 6.90. The van der Waals surface area contributed by atoms with Gasteiger partial charge in [-0.15, -0.1) is 0 Å². The van der Waals surface area contributed by atoms with Crippen molar-refractivity contribution in [3.8, 4) is 5.75 Å². The number of phenols is 1. The van der Waals surface area contributed by atoms with E-state index in [4.69, 9.17) is 4.52 Å². The number of carbonyl (C=O) groups excluding carboxylic acids is 1. The molecule has 0 radical (unpaired) electrons. The van der Waals surface area contributed by atoms with Gasteiger partial charge >= 0.3 is 0 Å². The predicted octanol–water partition coefficient (Wildman–Crippen LogP) is 2.02. The maximum atomic E-state index is 12.4. The summed E-state index contributed by atoms with van der Waals surface area (Å²) in [6, 6.07) is 4.93. The first-order valence-corrected chi connectivity index (χ1v) is 6.90. The third kappa shape index (κ3) is 2.90. The van der Waals surface area contributed by atoms with Gasteiger partial charge in [0.2, 0.25) is 0 Å². The van der Waals surface area contributed by atoms with E-state index in [2.05, 4.69) is 15.8 Å². The second-order valence-corrected chi connectivity index (χ2v) is 5.31. The molecule has 0 aliphatic carbocycles. The molecule has 1 aliphatic rings. The molecule has 6 heteroatoms. The summed E-state index contributed by atoms with van der Waals surface area (Å²) in [6.45, 7) is 3.58. The van der Waals surface area contributed by atoms with Gasteiger partial charge in [-0.2, -0.15) is 0 Å². The van der Waals surface area contributed by atoms with E-state index in [0.717, 1.165) is 25.1 Å². The molecular weight excluding hydrogens is 270 g/mol. The van der Waals surface area contributed by atoms with E-state index in [1.165, 1.54) is 12.3 Å². The third-order valence-electron chi connectivity index (χ3n) is 3.61. The van der Waals surface area contributed by atoms with E-state index in [0.29, 0.717) is 16.9 Å². The van der Waals surface area contributed by atoms with Crippen LogP contribution >= 0.6 is 0 Å². The zero-order chi connectivity index (χ0) is 14.8. The average molecular weight is 287 g/mol. The number of rotatable bonds is 3. The summed E-state index contributed by atoms with van der Waals surface area (Å²) in [5.74, 6) is 0.0504. The Labute approximate surface area is 122 Å². The molecular formula is C15H17N3O3. The number of aryl methyl sites for hydroxylation is 1. The molecule has 1 aromatic carbocycles. The Morgan fingerprint density at radius 3 is 3.05 bits per heavy atom. The number of hydrogen-bond donors (Lipinski definition) is 3. The lowest BCUT2D eigenvalue weighted by Gasteiger charge is -2.09. The molecule has 6 nitrogen and oxygen atoms in total. The monoisotopic (exact) mass is 287 g/mol. The maximum Gasteiger partial charge on any atom is 0.260 e. The predicted molar refractivity (Wildman–Crippen MR) is 77.5 cm³/mol. The van der Waals surface area contributed by atoms with Crippen LogP contribution in [0.5, 0.6) is 5.75 Å². The highest BCUT2D eigenvalue weighted by Crippen LogP contribution is 2.26. The largest absolute Gasteiger partial charge is 0.508 e. The van der Waals surface area contributed by atoms with Gasteiger partial charge in [-0.05, 0) is 37.6 Å². The Balaban J connectivity index is 1.81. The minimum absolute atomic E-state index is 0.121. The minimum atomic E-state index is -0.275. The van der Waals surface area contributed by atoms with E-state index in [1.54, 1.807) is 12.1 Å². The van der Waals surface area contributed by atoms with Crippen molar-refractivity contribution >= 4 is 11.6 Å². The number of nitrogens with zero attached hydrogens (tertiary/aromatic N) is 1. The van der Waals surface area contributed by atoms with Crippen LogP contribution in [0.15, 0.2) is 29.0 Å². The summed E-state index contributed by atoms with van der Waals surface area (Å²) in [4.78, 5) is 12.4. The number of aromatic hydroxyl groups is 1. The van der Waals surface area contributed by atoms with Gasteiger partial charge in [-0.1, -0.05) is 5.16 Å². The molecule has 21 heavy (non-hydrogen) atoms. The molecule has 110 valence electrons. The molecule has 1 saturated heterocycles. The second kappa shape index (κ2) is 5.57. The van der Waals surface area contributed by atoms with Gasteiger partial charge in [0.1, 0.15) is 23.3 Å². The molecule has 1 fully saturated rings. The van der Waals surface area contributed by atoms with Crippen LogP contribution in [-0.4, -0.2) is 29.3 Å². The van der Waals surface area contributed by atoms with Crippen molar-refractivity contribution in [2.75, 3.05) is 18.4 Å². The van der Waals surface area contributed by atoms with Crippen molar-refractivity contribution in [1.82, 2.24) is 10.5 Å². The number of nitrogens with one attached hydrogen (secondary N) is 2. The summed E-state index contributed by atoms with van der Waals surface area (Å²) in [5, 5.41) is 19.6. The van der Waals surface area contributed by atoms with Gasteiger partial charge in [0.25, 0.3) is 5.91 Å². The highest BCUT2D eigenvalue weighted by Gasteiger charge is 2.26. The van der Waals surface area contributed by atoms with Crippen LogP contribution in [0.2, 0.25) is 0 Å². The van der Waals surface area contributed by atoms with E-state index >= 15 is 0 Å². The lowest BCUT2D eigenvalue weighted by molar-refractivity contribution is 0.102. The number of anilines is 1. The number of amides is 1. The average Bonchev–Trinajstić information content (AvgIpc) is 3.08. The lowest BCUT2D eigenvalue weighted by Crippen LogP contribution is -2.16. The van der Waals surface area contributed by atoms with Crippen LogP contribution in [0.1, 0.15) is 34.0 Å². The van der Waals surface area contributed by atoms with Crippen molar-refractivity contribution < 1.29 is 14.4 Å². The molecule has 1 aromatic heterocycles. The van der Waals surface area contributed by atoms with Gasteiger partial charge in [-0.25, -0.2) is 0 Å². The quantitative estimate of drug-likeness (QED) is 0.804. The molecule has 2 aromatic rings. The normalized spacial score (nSPS) is 17.9. The molecule has 1 unspecified atom stereocenters. The molecule has 3 rings (SSSR count). The van der Waals surface area contributed by atoms with Gasteiger partial charge < -0.3 is 20.3 Å². The number of benzene rings is 1. The summed E-state index contributed by atoms with van der Waals surface area (Å²) >= 11 is 0. The van der Waals surface area contributed by atoms with E-state index in [-0.39, 0.29) is 17.6 Å². The zero-order valence-electron chi connectivity index (χ0n) is 11.7. The standard InChI is InChI=1S/C15H17N3O3/c1-9-4-11(6-12(19)5-9)17-15(20)13-8-21-18-14(13)10-2-3-16-7-10/h4-6,8,10,16,19H,2-3,7H2,1H3,(H,17,20). The van der Waals surface area contributed by atoms with Crippen molar-refractivity contribution in [2.24, 2.45) is 0 Å². The molecule has 1 amide bonds. The van der Waals surface area contributed by atoms with Crippen molar-refractivity contribution in [1.29, 1.82) is 0 Å². The van der Waals surface area contributed by atoms with Crippen LogP contribution in [0.3, 0.4) is 0 Å². The molecule has 3 N–H and O–H groups in total. The van der Waals surface area contributed by atoms with E-state index in [1.807, 2.05) is 6.92 Å². The topological polar surface area (TPSA) is 87.4 Å². The minimum Gasteiger partial charge on any atom is -0.508 e. The third-order valence-corrected chi connectivity index (χ3v) is 3.61. The Morgan fingerprint density at radius 1 is 1.48 bits per heavy atom. The molecule has 0 spiro atoms. The van der Waals surface area contributed by atoms with Crippen LogP contribution in [0.4, 0.5) is 5.69 Å². The molecule has 1 atom stereocenters. The van der Waals surface area contributed by atoms with Gasteiger partial charge in [-0.3, -0.25) is 4.79 Å². The maximum absolute atomic E-state index is 12.4. The van der Waals surface area contributed by atoms with Gasteiger partial charge in [0.15, 0.2) is 0 Å². The molecule has 1 aliphatic heterocycles. The zero-order valence-corrected chi connectivity index (χ0v) is 11.7. The summed E-state index contributed by atoms with van der Waals surface area (Å²) < 4.78 is 4.98. The number of hydrogen-bond acceptors (Lipinski definition) is 5. The highest BCUT2D eigenvalue weighted by molar-refractivity contribution is 6.05. The summed E-state index contributed by atoms with van der Waals surface area (Å²) in [7, 11) is 0. The Morgan fingerprint density at radius 2 is 2.33 bits per heavy atom. The van der Waals surface area contributed by atoms with Crippen molar-refractivity contribution in [2.45, 2.75) is 19.3 Å². The molecule has 2 heterocycles. The van der Waals surface area contributed by atoms with E-state index in [9.17, 15) is 9.90 Å². The fourth-order valence-electron chi connectivity index (χ4n) is 2.63. The fraction of sp³-hybridized carbons (Fsp3) is 0.333. The highest BCUT2D eigenvalue weighted by atomic mass is 16.5. The Bertz CT molecular complexity index is 640. The number of carbonyl (C=O) groups is 1. The van der Waals surface area contributed by atoms with Crippen molar-refractivity contribution in [3.05, 3.63) is 41.3 Å². The SMILES string of the molecule is Cc1cc(O)cc(NC(=O)c2conc2C2CCNC2)c1. The summed E-state index contributed by atoms with van der Waals surface area (Å²) in [5.41, 5.74) is 2.56. The van der Waals surface area contributed by atoms with Crippen LogP contribution in [0, 0.1) is 6.92 Å². The first-order chi connectivity index (χ1) is 10.1. The summed E-state index contributed by atoms with van der Waals surface area (Å²) in [6.07, 6.45) is 2.32. The fourth-order valence-corrected chi connectivity index (χ4v) is 2.63. The van der Waals surface area contributed by atoms with Gasteiger partial charge in [0.05, 0.1) is 0 Å². The van der Waals surface area contributed by atoms with Crippen LogP contribution < -0.4 is 10.6 Å². The smallest absolute Gasteiger partial charge is 0.260 e. The number of aromatic nitrogens is 1. The Hall–Kier alpha value is -2.34. The molecule has 0 saturated carbocycles. The van der Waals surface area contributed by atoms with Gasteiger partial charge in [0, 0.05) is 24.2 Å². The second-order valence-electron chi connectivity index (χ2n) is 5.31. The van der Waals surface area contributed by atoms with Crippen LogP contribution in [-0.2, 0) is 0 Å². The number of phenolic OH excluding ortho intramolecular Hbond substituents is 1. The Kier molecular flexibility index (Phi) is 3.62. The molecule has 0 bridgehead atoms. The first kappa shape index (κ1) is 13.6. The van der Waals surface area contributed by atoms with Crippen LogP contribution in [0.25, 0.3) is 0 Å². The lowest BCUT2D eigenvalue weighted by atomic mass is 10.0. The van der Waals surface area contributed by atoms with E-state index < -0.39 is 0 Å².